The molecule has 1 amide bonds. The third-order valence-electron chi connectivity index (χ3n) is 3.00. The van der Waals surface area contributed by atoms with Gasteiger partial charge in [-0.2, -0.15) is 0 Å². The molecule has 1 aliphatic heterocycles. The van der Waals surface area contributed by atoms with Crippen molar-refractivity contribution in [3.8, 4) is 0 Å². The molecule has 5 nitrogen and oxygen atoms in total. The second kappa shape index (κ2) is 5.37. The number of amides is 1. The van der Waals surface area contributed by atoms with E-state index >= 15 is 0 Å². The second-order valence-corrected chi connectivity index (χ2v) is 4.72. The summed E-state index contributed by atoms with van der Waals surface area (Å²) in [4.78, 5) is 15.7. The average molecular weight is 249 g/mol. The minimum atomic E-state index is -0.936. The summed E-state index contributed by atoms with van der Waals surface area (Å²) in [5.74, 6) is -0.115. The maximum Gasteiger partial charge on any atom is 0.259 e. The van der Waals surface area contributed by atoms with Gasteiger partial charge in [0.1, 0.15) is 0 Å². The SMILES string of the molecule is CN(C)CCCN1C(=O)c2ccccc2NC1O. The number of fused-ring (bicyclic) bond motifs is 1. The number of aliphatic hydroxyl groups is 1. The van der Waals surface area contributed by atoms with Crippen molar-refractivity contribution < 1.29 is 9.90 Å². The zero-order chi connectivity index (χ0) is 13.1. The monoisotopic (exact) mass is 249 g/mol. The number of carbonyl (C=O) groups is 1. The van der Waals surface area contributed by atoms with Gasteiger partial charge in [-0.05, 0) is 39.2 Å². The van der Waals surface area contributed by atoms with Crippen molar-refractivity contribution >= 4 is 11.6 Å². The number of para-hydroxylation sites is 1. The Hall–Kier alpha value is -1.59. The molecular formula is C13H19N3O2. The highest BCUT2D eigenvalue weighted by Crippen LogP contribution is 2.24. The molecule has 0 saturated carbocycles. The second-order valence-electron chi connectivity index (χ2n) is 4.72. The van der Waals surface area contributed by atoms with E-state index in [2.05, 4.69) is 10.2 Å². The minimum absolute atomic E-state index is 0.115. The largest absolute Gasteiger partial charge is 0.356 e. The molecule has 1 aromatic rings. The predicted octanol–water partition coefficient (Wildman–Crippen LogP) is 0.782. The molecule has 1 aliphatic rings. The van der Waals surface area contributed by atoms with Crippen molar-refractivity contribution in [2.45, 2.75) is 12.8 Å². The Kier molecular flexibility index (Phi) is 3.84. The number of rotatable bonds is 4. The fourth-order valence-corrected chi connectivity index (χ4v) is 2.06. The van der Waals surface area contributed by atoms with Gasteiger partial charge in [-0.1, -0.05) is 12.1 Å². The van der Waals surface area contributed by atoms with Crippen LogP contribution >= 0.6 is 0 Å². The highest BCUT2D eigenvalue weighted by Gasteiger charge is 2.29. The molecule has 98 valence electrons. The van der Waals surface area contributed by atoms with Crippen LogP contribution in [0.5, 0.6) is 0 Å². The lowest BCUT2D eigenvalue weighted by Gasteiger charge is -2.34. The quantitative estimate of drug-likeness (QED) is 0.828. The van der Waals surface area contributed by atoms with E-state index in [0.717, 1.165) is 13.0 Å². The number of carbonyl (C=O) groups excluding carboxylic acids is 1. The van der Waals surface area contributed by atoms with Gasteiger partial charge in [0.05, 0.1) is 11.3 Å². The zero-order valence-corrected chi connectivity index (χ0v) is 10.8. The van der Waals surface area contributed by atoms with Gasteiger partial charge in [0.2, 0.25) is 6.35 Å². The van der Waals surface area contributed by atoms with E-state index in [1.807, 2.05) is 26.2 Å². The molecule has 5 heteroatoms. The summed E-state index contributed by atoms with van der Waals surface area (Å²) in [6.45, 7) is 1.43. The topological polar surface area (TPSA) is 55.8 Å². The fourth-order valence-electron chi connectivity index (χ4n) is 2.06. The Balaban J connectivity index is 2.07. The fraction of sp³-hybridized carbons (Fsp3) is 0.462. The molecule has 1 atom stereocenters. The Morgan fingerprint density at radius 3 is 2.83 bits per heavy atom. The Labute approximate surface area is 107 Å². The van der Waals surface area contributed by atoms with Crippen molar-refractivity contribution in [3.63, 3.8) is 0 Å². The highest BCUT2D eigenvalue weighted by atomic mass is 16.3. The van der Waals surface area contributed by atoms with Gasteiger partial charge >= 0.3 is 0 Å². The lowest BCUT2D eigenvalue weighted by molar-refractivity contribution is 0.0175. The molecule has 0 radical (unpaired) electrons. The molecule has 1 unspecified atom stereocenters. The van der Waals surface area contributed by atoms with Gasteiger partial charge in [0.25, 0.3) is 5.91 Å². The lowest BCUT2D eigenvalue weighted by Crippen LogP contribution is -2.49. The summed E-state index contributed by atoms with van der Waals surface area (Å²) in [6.07, 6.45) is -0.103. The summed E-state index contributed by atoms with van der Waals surface area (Å²) >= 11 is 0. The van der Waals surface area contributed by atoms with Crippen LogP contribution < -0.4 is 5.32 Å². The van der Waals surface area contributed by atoms with Crippen LogP contribution in [-0.4, -0.2) is 54.4 Å². The molecule has 0 bridgehead atoms. The molecule has 0 spiro atoms. The van der Waals surface area contributed by atoms with E-state index in [-0.39, 0.29) is 5.91 Å². The van der Waals surface area contributed by atoms with Crippen LogP contribution in [0.1, 0.15) is 16.8 Å². The number of hydrogen-bond acceptors (Lipinski definition) is 4. The first-order valence-corrected chi connectivity index (χ1v) is 6.09. The average Bonchev–Trinajstić information content (AvgIpc) is 2.33. The molecule has 2 N–H and O–H groups in total. The molecule has 0 saturated heterocycles. The predicted molar refractivity (Wildman–Crippen MR) is 70.3 cm³/mol. The van der Waals surface area contributed by atoms with Gasteiger partial charge in [0.15, 0.2) is 0 Å². The summed E-state index contributed by atoms with van der Waals surface area (Å²) in [5.41, 5.74) is 1.31. The first-order valence-electron chi connectivity index (χ1n) is 6.09. The van der Waals surface area contributed by atoms with Crippen LogP contribution in [0.4, 0.5) is 5.69 Å². The minimum Gasteiger partial charge on any atom is -0.356 e. The van der Waals surface area contributed by atoms with Gasteiger partial charge in [-0.25, -0.2) is 0 Å². The number of anilines is 1. The van der Waals surface area contributed by atoms with Crippen molar-refractivity contribution in [1.29, 1.82) is 0 Å². The standard InChI is InChI=1S/C13H19N3O2/c1-15(2)8-5-9-16-12(17)10-6-3-4-7-11(10)14-13(16)18/h3-4,6-7,13-14,18H,5,8-9H2,1-2H3. The number of hydrogen-bond donors (Lipinski definition) is 2. The Morgan fingerprint density at radius 1 is 1.39 bits per heavy atom. The van der Waals surface area contributed by atoms with Gasteiger partial charge < -0.3 is 15.3 Å². The first kappa shape index (κ1) is 12.9. The maximum absolute atomic E-state index is 12.2. The number of nitrogens with zero attached hydrogens (tertiary/aromatic N) is 2. The molecule has 1 aromatic carbocycles. The Morgan fingerprint density at radius 2 is 2.11 bits per heavy atom. The van der Waals surface area contributed by atoms with Crippen LogP contribution in [0.25, 0.3) is 0 Å². The zero-order valence-electron chi connectivity index (χ0n) is 10.8. The summed E-state index contributed by atoms with van der Waals surface area (Å²) in [6, 6.07) is 7.24. The maximum atomic E-state index is 12.2. The molecular weight excluding hydrogens is 230 g/mol. The molecule has 0 aliphatic carbocycles. The van der Waals surface area contributed by atoms with E-state index < -0.39 is 6.35 Å². The van der Waals surface area contributed by atoms with Crippen LogP contribution in [0, 0.1) is 0 Å². The van der Waals surface area contributed by atoms with Crippen LogP contribution in [0.3, 0.4) is 0 Å². The smallest absolute Gasteiger partial charge is 0.259 e. The van der Waals surface area contributed by atoms with Gasteiger partial charge in [0, 0.05) is 6.54 Å². The van der Waals surface area contributed by atoms with E-state index in [1.165, 1.54) is 4.90 Å². The molecule has 18 heavy (non-hydrogen) atoms. The van der Waals surface area contributed by atoms with E-state index in [1.54, 1.807) is 12.1 Å². The molecule has 2 rings (SSSR count). The van der Waals surface area contributed by atoms with E-state index in [9.17, 15) is 9.90 Å². The van der Waals surface area contributed by atoms with Gasteiger partial charge in [-0.3, -0.25) is 9.69 Å². The number of aliphatic hydroxyl groups excluding tert-OH is 1. The van der Waals surface area contributed by atoms with Crippen LogP contribution in [0.2, 0.25) is 0 Å². The van der Waals surface area contributed by atoms with Crippen LogP contribution in [0.15, 0.2) is 24.3 Å². The van der Waals surface area contributed by atoms with Crippen LogP contribution in [-0.2, 0) is 0 Å². The molecule has 1 heterocycles. The first-order chi connectivity index (χ1) is 8.59. The van der Waals surface area contributed by atoms with Crippen molar-refractivity contribution in [2.24, 2.45) is 0 Å². The van der Waals surface area contributed by atoms with E-state index in [0.29, 0.717) is 17.8 Å². The summed E-state index contributed by atoms with van der Waals surface area (Å²) in [7, 11) is 3.98. The lowest BCUT2D eigenvalue weighted by atomic mass is 10.1. The highest BCUT2D eigenvalue weighted by molar-refractivity contribution is 6.01. The van der Waals surface area contributed by atoms with Gasteiger partial charge in [-0.15, -0.1) is 0 Å². The Bertz CT molecular complexity index is 434. The normalized spacial score (nSPS) is 18.8. The van der Waals surface area contributed by atoms with E-state index in [4.69, 9.17) is 0 Å². The van der Waals surface area contributed by atoms with Crippen molar-refractivity contribution in [3.05, 3.63) is 29.8 Å². The third-order valence-corrected chi connectivity index (χ3v) is 3.00. The summed E-state index contributed by atoms with van der Waals surface area (Å²) < 4.78 is 0. The molecule has 0 fully saturated rings. The van der Waals surface area contributed by atoms with Crippen molar-refractivity contribution in [2.75, 3.05) is 32.5 Å². The van der Waals surface area contributed by atoms with Crippen molar-refractivity contribution in [1.82, 2.24) is 9.80 Å². The number of benzene rings is 1. The molecule has 0 aromatic heterocycles. The number of nitrogens with one attached hydrogen (secondary N) is 1. The summed E-state index contributed by atoms with van der Waals surface area (Å²) in [5, 5.41) is 12.9. The third kappa shape index (κ3) is 2.63.